The number of likely N-dealkylation sites (N-methyl/N-ethyl adjacent to an activating group) is 1. The fraction of sp³-hybridized carbons (Fsp3) is 0.833. The second-order valence-electron chi connectivity index (χ2n) is 12.5. The predicted molar refractivity (Wildman–Crippen MR) is 152 cm³/mol. The van der Waals surface area contributed by atoms with Crippen molar-refractivity contribution in [2.75, 3.05) is 7.05 Å². The number of aliphatic hydroxyl groups is 1. The minimum atomic E-state index is -1.13. The van der Waals surface area contributed by atoms with Crippen molar-refractivity contribution < 1.29 is 29.1 Å². The minimum Gasteiger partial charge on any atom is -0.393 e. The van der Waals surface area contributed by atoms with Crippen molar-refractivity contribution in [2.45, 2.75) is 125 Å². The SMILES string of the molecule is CC[C@H](C)[C@H](NC(=O)[C@H]([C@@H](C)CC)N(C)C(C)=O)C(=O)C[C@H](C(=O)N[C@@H](CC(C)C)C(=O)C1(C)CC1)[C@H](C)O. The van der Waals surface area contributed by atoms with E-state index in [1.54, 1.807) is 7.05 Å². The van der Waals surface area contributed by atoms with Crippen molar-refractivity contribution in [3.63, 3.8) is 0 Å². The molecule has 0 heterocycles. The van der Waals surface area contributed by atoms with E-state index in [1.165, 1.54) is 18.7 Å². The number of aliphatic hydroxyl groups excluding tert-OH is 1. The first-order chi connectivity index (χ1) is 18.0. The van der Waals surface area contributed by atoms with Crippen LogP contribution in [0, 0.1) is 29.1 Å². The molecule has 1 saturated carbocycles. The molecule has 0 radical (unpaired) electrons. The van der Waals surface area contributed by atoms with Gasteiger partial charge in [-0.1, -0.05) is 61.3 Å². The predicted octanol–water partition coefficient (Wildman–Crippen LogP) is 3.27. The maximum atomic E-state index is 13.6. The molecule has 3 amide bonds. The number of ketones is 2. The van der Waals surface area contributed by atoms with Gasteiger partial charge >= 0.3 is 0 Å². The molecule has 0 saturated heterocycles. The van der Waals surface area contributed by atoms with Crippen molar-refractivity contribution in [3.05, 3.63) is 0 Å². The first-order valence-electron chi connectivity index (χ1n) is 14.6. The lowest BCUT2D eigenvalue weighted by molar-refractivity contribution is -0.141. The number of nitrogens with one attached hydrogen (secondary N) is 2. The van der Waals surface area contributed by atoms with Gasteiger partial charge in [0.1, 0.15) is 6.04 Å². The van der Waals surface area contributed by atoms with Crippen LogP contribution < -0.4 is 10.6 Å². The van der Waals surface area contributed by atoms with Crippen LogP contribution in [0.25, 0.3) is 0 Å². The highest BCUT2D eigenvalue weighted by Gasteiger charge is 2.48. The van der Waals surface area contributed by atoms with Gasteiger partial charge in [-0.2, -0.15) is 0 Å². The van der Waals surface area contributed by atoms with E-state index in [1.807, 2.05) is 48.5 Å². The first kappa shape index (κ1) is 34.7. The summed E-state index contributed by atoms with van der Waals surface area (Å²) in [5, 5.41) is 16.2. The van der Waals surface area contributed by atoms with Gasteiger partial charge in [0.05, 0.1) is 24.1 Å². The Morgan fingerprint density at radius 3 is 1.85 bits per heavy atom. The molecule has 9 heteroatoms. The number of hydrogen-bond acceptors (Lipinski definition) is 6. The first-order valence-corrected chi connectivity index (χ1v) is 14.6. The number of carbonyl (C=O) groups excluding carboxylic acids is 5. The van der Waals surface area contributed by atoms with Crippen LogP contribution in [0.2, 0.25) is 0 Å². The van der Waals surface area contributed by atoms with E-state index in [2.05, 4.69) is 10.6 Å². The van der Waals surface area contributed by atoms with E-state index in [9.17, 15) is 29.1 Å². The Balaban J connectivity index is 3.15. The van der Waals surface area contributed by atoms with Gasteiger partial charge in [-0.3, -0.25) is 24.0 Å². The molecule has 39 heavy (non-hydrogen) atoms. The van der Waals surface area contributed by atoms with E-state index in [4.69, 9.17) is 0 Å². The molecule has 0 aliphatic heterocycles. The number of rotatable bonds is 17. The van der Waals surface area contributed by atoms with Crippen LogP contribution in [-0.2, 0) is 24.0 Å². The molecule has 7 atom stereocenters. The maximum Gasteiger partial charge on any atom is 0.243 e. The lowest BCUT2D eigenvalue weighted by atomic mass is 9.86. The van der Waals surface area contributed by atoms with Crippen molar-refractivity contribution in [1.82, 2.24) is 15.5 Å². The van der Waals surface area contributed by atoms with Gasteiger partial charge in [0.15, 0.2) is 11.6 Å². The van der Waals surface area contributed by atoms with Crippen molar-refractivity contribution in [3.8, 4) is 0 Å². The van der Waals surface area contributed by atoms with E-state index in [-0.39, 0.29) is 41.6 Å². The van der Waals surface area contributed by atoms with Crippen molar-refractivity contribution in [2.24, 2.45) is 29.1 Å². The molecule has 0 unspecified atom stereocenters. The number of carbonyl (C=O) groups is 5. The molecule has 0 aromatic rings. The van der Waals surface area contributed by atoms with E-state index < -0.39 is 47.4 Å². The van der Waals surface area contributed by atoms with Crippen molar-refractivity contribution >= 4 is 29.3 Å². The Labute approximate surface area is 235 Å². The minimum absolute atomic E-state index is 0.00404. The summed E-state index contributed by atoms with van der Waals surface area (Å²) in [6.45, 7) is 16.3. The molecule has 0 bridgehead atoms. The van der Waals surface area contributed by atoms with Crippen LogP contribution in [-0.4, -0.2) is 70.6 Å². The largest absolute Gasteiger partial charge is 0.393 e. The summed E-state index contributed by atoms with van der Waals surface area (Å²) in [5.74, 6) is -2.84. The Hall–Kier alpha value is -2.29. The number of hydrogen-bond donors (Lipinski definition) is 3. The highest BCUT2D eigenvalue weighted by atomic mass is 16.3. The van der Waals surface area contributed by atoms with Crippen LogP contribution >= 0.6 is 0 Å². The van der Waals surface area contributed by atoms with Crippen molar-refractivity contribution in [1.29, 1.82) is 0 Å². The van der Waals surface area contributed by atoms with Gasteiger partial charge in [0.25, 0.3) is 0 Å². The van der Waals surface area contributed by atoms with Crippen LogP contribution in [0.5, 0.6) is 0 Å². The molecule has 1 aliphatic carbocycles. The number of nitrogens with zero attached hydrogens (tertiary/aromatic N) is 1. The summed E-state index contributed by atoms with van der Waals surface area (Å²) in [4.78, 5) is 66.8. The Bertz CT molecular complexity index is 882. The van der Waals surface area contributed by atoms with Gasteiger partial charge in [-0.05, 0) is 43.9 Å². The van der Waals surface area contributed by atoms with Gasteiger partial charge < -0.3 is 20.6 Å². The Morgan fingerprint density at radius 1 is 0.897 bits per heavy atom. The molecule has 3 N–H and O–H groups in total. The molecular formula is C30H53N3O6. The monoisotopic (exact) mass is 551 g/mol. The van der Waals surface area contributed by atoms with Crippen LogP contribution in [0.1, 0.15) is 101 Å². The zero-order valence-corrected chi connectivity index (χ0v) is 25.8. The summed E-state index contributed by atoms with van der Waals surface area (Å²) in [6.07, 6.45) is 1.91. The van der Waals surface area contributed by atoms with E-state index in [0.717, 1.165) is 12.8 Å². The third-order valence-electron chi connectivity index (χ3n) is 8.50. The summed E-state index contributed by atoms with van der Waals surface area (Å²) < 4.78 is 0. The van der Waals surface area contributed by atoms with E-state index >= 15 is 0 Å². The Kier molecular flexibility index (Phi) is 13.3. The lowest BCUT2D eigenvalue weighted by Gasteiger charge is -2.33. The average Bonchev–Trinajstić information content (AvgIpc) is 3.61. The third-order valence-corrected chi connectivity index (χ3v) is 8.50. The zero-order valence-electron chi connectivity index (χ0n) is 25.8. The second kappa shape index (κ2) is 14.9. The fourth-order valence-electron chi connectivity index (χ4n) is 4.91. The Morgan fingerprint density at radius 2 is 1.44 bits per heavy atom. The van der Waals surface area contributed by atoms with E-state index in [0.29, 0.717) is 19.3 Å². The normalized spacial score (nSPS) is 19.6. The van der Waals surface area contributed by atoms with Crippen LogP contribution in [0.4, 0.5) is 0 Å². The highest BCUT2D eigenvalue weighted by molar-refractivity contribution is 5.97. The number of amides is 3. The maximum absolute atomic E-state index is 13.6. The highest BCUT2D eigenvalue weighted by Crippen LogP contribution is 2.47. The van der Waals surface area contributed by atoms with Crippen LogP contribution in [0.15, 0.2) is 0 Å². The molecule has 1 aliphatic rings. The fourth-order valence-corrected chi connectivity index (χ4v) is 4.91. The molecule has 0 aromatic heterocycles. The smallest absolute Gasteiger partial charge is 0.243 e. The standard InChI is InChI=1S/C30H53N3O6/c1-11-18(5)25(32-29(39)26(19(6)12-2)33(10)21(8)35)24(36)16-22(20(7)34)28(38)31-23(15-17(3)4)27(37)30(9)13-14-30/h17-20,22-23,25-26,34H,11-16H2,1-10H3,(H,31,38)(H,32,39)/t18-,19-,20-,22-,23-,25-,26-/m0/s1. The van der Waals surface area contributed by atoms with Gasteiger partial charge in [0, 0.05) is 25.8 Å². The van der Waals surface area contributed by atoms with Gasteiger partial charge in [-0.25, -0.2) is 0 Å². The summed E-state index contributed by atoms with van der Waals surface area (Å²) in [5.41, 5.74) is -0.423. The lowest BCUT2D eigenvalue weighted by Crippen LogP contribution is -2.56. The number of Topliss-reactive ketones (excluding diaryl/α,β-unsaturated/α-hetero) is 2. The molecule has 0 spiro atoms. The third kappa shape index (κ3) is 9.69. The molecule has 0 aromatic carbocycles. The second-order valence-corrected chi connectivity index (χ2v) is 12.5. The van der Waals surface area contributed by atoms with Crippen LogP contribution in [0.3, 0.4) is 0 Å². The molecule has 1 rings (SSSR count). The molecule has 1 fully saturated rings. The quantitative estimate of drug-likeness (QED) is 0.254. The molecule has 224 valence electrons. The topological polar surface area (TPSA) is 133 Å². The molecular weight excluding hydrogens is 498 g/mol. The average molecular weight is 552 g/mol. The summed E-state index contributed by atoms with van der Waals surface area (Å²) in [7, 11) is 1.57. The zero-order chi connectivity index (χ0) is 30.2. The van der Waals surface area contributed by atoms with Gasteiger partial charge in [-0.15, -0.1) is 0 Å². The van der Waals surface area contributed by atoms with Gasteiger partial charge in [0.2, 0.25) is 17.7 Å². The molecule has 9 nitrogen and oxygen atoms in total. The summed E-state index contributed by atoms with van der Waals surface area (Å²) in [6, 6.07) is -2.30. The summed E-state index contributed by atoms with van der Waals surface area (Å²) >= 11 is 0.